The third kappa shape index (κ3) is 2.34. The lowest BCUT2D eigenvalue weighted by Crippen LogP contribution is -2.21. The fourth-order valence-corrected chi connectivity index (χ4v) is 2.32. The monoisotopic (exact) mass is 269 g/mol. The van der Waals surface area contributed by atoms with Gasteiger partial charge in [-0.15, -0.1) is 0 Å². The first kappa shape index (κ1) is 11.0. The van der Waals surface area contributed by atoms with E-state index < -0.39 is 0 Å². The molecule has 2 nitrogen and oxygen atoms in total. The average Bonchev–Trinajstić information content (AvgIpc) is 2.68. The van der Waals surface area contributed by atoms with E-state index in [2.05, 4.69) is 33.0 Å². The van der Waals surface area contributed by atoms with Crippen LogP contribution in [0.4, 0.5) is 5.69 Å². The van der Waals surface area contributed by atoms with Gasteiger partial charge in [-0.3, -0.25) is 0 Å². The molecule has 82 valence electrons. The summed E-state index contributed by atoms with van der Waals surface area (Å²) >= 11 is 3.46. The fourth-order valence-electron chi connectivity index (χ4n) is 2.07. The van der Waals surface area contributed by atoms with Gasteiger partial charge in [-0.2, -0.15) is 0 Å². The van der Waals surface area contributed by atoms with Gasteiger partial charge in [0.05, 0.1) is 6.61 Å². The van der Waals surface area contributed by atoms with Crippen LogP contribution >= 0.6 is 15.9 Å². The summed E-state index contributed by atoms with van der Waals surface area (Å²) in [6.07, 6.45) is 2.31. The topological polar surface area (TPSA) is 23.5 Å². The van der Waals surface area contributed by atoms with E-state index in [0.717, 1.165) is 30.4 Å². The molecule has 15 heavy (non-hydrogen) atoms. The second kappa shape index (κ2) is 4.99. The van der Waals surface area contributed by atoms with Crippen LogP contribution in [0.1, 0.15) is 17.5 Å². The summed E-state index contributed by atoms with van der Waals surface area (Å²) in [4.78, 5) is 2.41. The Labute approximate surface area is 99.0 Å². The lowest BCUT2D eigenvalue weighted by Gasteiger charge is -2.19. The number of hydrogen-bond acceptors (Lipinski definition) is 2. The zero-order chi connectivity index (χ0) is 10.7. The number of benzene rings is 1. The van der Waals surface area contributed by atoms with Gasteiger partial charge < -0.3 is 10.0 Å². The predicted molar refractivity (Wildman–Crippen MR) is 66.7 cm³/mol. The summed E-state index contributed by atoms with van der Waals surface area (Å²) in [6.45, 7) is 2.36. The van der Waals surface area contributed by atoms with E-state index in [1.54, 1.807) is 0 Å². The van der Waals surface area contributed by atoms with Crippen LogP contribution in [0, 0.1) is 0 Å². The number of hydrogen-bond donors (Lipinski definition) is 1. The highest BCUT2D eigenvalue weighted by Gasteiger charge is 2.18. The van der Waals surface area contributed by atoms with E-state index in [-0.39, 0.29) is 6.61 Å². The Morgan fingerprint density at radius 2 is 2.27 bits per heavy atom. The lowest BCUT2D eigenvalue weighted by molar-refractivity contribution is 0.282. The van der Waals surface area contributed by atoms with Crippen molar-refractivity contribution in [2.75, 3.05) is 23.3 Å². The van der Waals surface area contributed by atoms with Crippen molar-refractivity contribution in [3.63, 3.8) is 0 Å². The number of aliphatic hydroxyl groups is 1. The van der Waals surface area contributed by atoms with Gasteiger partial charge in [0.15, 0.2) is 0 Å². The Bertz CT molecular complexity index is 340. The van der Waals surface area contributed by atoms with Crippen LogP contribution in [0.5, 0.6) is 0 Å². The molecule has 1 heterocycles. The van der Waals surface area contributed by atoms with Gasteiger partial charge in [0.2, 0.25) is 0 Å². The van der Waals surface area contributed by atoms with Crippen molar-refractivity contribution in [3.05, 3.63) is 29.3 Å². The number of anilines is 1. The fraction of sp³-hybridized carbons (Fsp3) is 0.500. The molecule has 0 radical (unpaired) electrons. The van der Waals surface area contributed by atoms with Gasteiger partial charge in [-0.05, 0) is 30.0 Å². The van der Waals surface area contributed by atoms with Gasteiger partial charge in [0.25, 0.3) is 0 Å². The summed E-state index contributed by atoms with van der Waals surface area (Å²) in [5, 5.41) is 10.2. The average molecular weight is 270 g/mol. The number of rotatable bonds is 4. The summed E-state index contributed by atoms with van der Waals surface area (Å²) in [5.74, 6) is 0. The molecular formula is C12H16BrNO. The maximum atomic E-state index is 9.11. The molecule has 1 aliphatic rings. The van der Waals surface area contributed by atoms with Gasteiger partial charge in [-0.1, -0.05) is 28.1 Å². The highest BCUT2D eigenvalue weighted by molar-refractivity contribution is 9.09. The minimum Gasteiger partial charge on any atom is -0.392 e. The zero-order valence-electron chi connectivity index (χ0n) is 8.75. The molecule has 1 aromatic rings. The molecule has 0 unspecified atom stereocenters. The Kier molecular flexibility index (Phi) is 3.65. The minimum absolute atomic E-state index is 0.138. The van der Waals surface area contributed by atoms with E-state index in [9.17, 15) is 0 Å². The maximum absolute atomic E-state index is 9.11. The van der Waals surface area contributed by atoms with Crippen LogP contribution in [0.3, 0.4) is 0 Å². The van der Waals surface area contributed by atoms with Crippen molar-refractivity contribution in [2.45, 2.75) is 19.4 Å². The van der Waals surface area contributed by atoms with Gasteiger partial charge in [-0.25, -0.2) is 0 Å². The Balaban J connectivity index is 2.16. The van der Waals surface area contributed by atoms with Crippen molar-refractivity contribution >= 4 is 21.6 Å². The summed E-state index contributed by atoms with van der Waals surface area (Å²) in [7, 11) is 0. The van der Waals surface area contributed by atoms with E-state index in [1.807, 2.05) is 6.07 Å². The molecule has 0 bridgehead atoms. The molecule has 0 fully saturated rings. The molecule has 0 aliphatic carbocycles. The zero-order valence-corrected chi connectivity index (χ0v) is 10.3. The molecule has 0 amide bonds. The first-order valence-corrected chi connectivity index (χ1v) is 6.51. The van der Waals surface area contributed by atoms with Crippen molar-refractivity contribution in [2.24, 2.45) is 0 Å². The number of aliphatic hydroxyl groups excluding tert-OH is 1. The molecule has 2 rings (SSSR count). The SMILES string of the molecule is OCc1ccc2c(c1)N(CCCBr)CC2. The Hall–Kier alpha value is -0.540. The molecule has 0 aromatic heterocycles. The summed E-state index contributed by atoms with van der Waals surface area (Å²) in [5.41, 5.74) is 3.75. The number of alkyl halides is 1. The quantitative estimate of drug-likeness (QED) is 0.849. The molecule has 1 aromatic carbocycles. The van der Waals surface area contributed by atoms with Crippen LogP contribution < -0.4 is 4.90 Å². The van der Waals surface area contributed by atoms with Crippen molar-refractivity contribution in [3.8, 4) is 0 Å². The summed E-state index contributed by atoms with van der Waals surface area (Å²) < 4.78 is 0. The van der Waals surface area contributed by atoms with E-state index in [0.29, 0.717) is 0 Å². The highest BCUT2D eigenvalue weighted by atomic mass is 79.9. The largest absolute Gasteiger partial charge is 0.392 e. The normalized spacial score (nSPS) is 14.4. The van der Waals surface area contributed by atoms with E-state index in [1.165, 1.54) is 17.7 Å². The van der Waals surface area contributed by atoms with E-state index >= 15 is 0 Å². The van der Waals surface area contributed by atoms with Crippen molar-refractivity contribution < 1.29 is 5.11 Å². The Morgan fingerprint density at radius 3 is 3.00 bits per heavy atom. The molecule has 0 saturated carbocycles. The highest BCUT2D eigenvalue weighted by Crippen LogP contribution is 2.29. The van der Waals surface area contributed by atoms with Crippen LogP contribution in [0.2, 0.25) is 0 Å². The molecule has 0 atom stereocenters. The molecule has 0 saturated heterocycles. The Morgan fingerprint density at radius 1 is 1.40 bits per heavy atom. The first-order chi connectivity index (χ1) is 7.35. The standard InChI is InChI=1S/C12H16BrNO/c13-5-1-6-14-7-4-11-3-2-10(9-15)8-12(11)14/h2-3,8,15H,1,4-7,9H2. The number of halogens is 1. The predicted octanol–water partition coefficient (Wildman–Crippen LogP) is 2.33. The van der Waals surface area contributed by atoms with Gasteiger partial charge in [0, 0.05) is 24.1 Å². The molecule has 1 aliphatic heterocycles. The third-order valence-corrected chi connectivity index (χ3v) is 3.45. The second-order valence-electron chi connectivity index (χ2n) is 3.90. The number of nitrogens with zero attached hydrogens (tertiary/aromatic N) is 1. The number of fused-ring (bicyclic) bond motifs is 1. The smallest absolute Gasteiger partial charge is 0.0682 e. The molecule has 0 spiro atoms. The van der Waals surface area contributed by atoms with Crippen LogP contribution in [-0.4, -0.2) is 23.5 Å². The molecule has 1 N–H and O–H groups in total. The summed E-state index contributed by atoms with van der Waals surface area (Å²) in [6, 6.07) is 6.29. The van der Waals surface area contributed by atoms with Crippen LogP contribution in [0.15, 0.2) is 18.2 Å². The maximum Gasteiger partial charge on any atom is 0.0682 e. The van der Waals surface area contributed by atoms with Crippen molar-refractivity contribution in [1.29, 1.82) is 0 Å². The molecular weight excluding hydrogens is 254 g/mol. The molecule has 3 heteroatoms. The van der Waals surface area contributed by atoms with E-state index in [4.69, 9.17) is 5.11 Å². The lowest BCUT2D eigenvalue weighted by atomic mass is 10.1. The van der Waals surface area contributed by atoms with Gasteiger partial charge >= 0.3 is 0 Å². The van der Waals surface area contributed by atoms with Crippen molar-refractivity contribution in [1.82, 2.24) is 0 Å². The van der Waals surface area contributed by atoms with Crippen LogP contribution in [-0.2, 0) is 13.0 Å². The third-order valence-electron chi connectivity index (χ3n) is 2.89. The first-order valence-electron chi connectivity index (χ1n) is 5.38. The second-order valence-corrected chi connectivity index (χ2v) is 4.69. The van der Waals surface area contributed by atoms with Crippen LogP contribution in [0.25, 0.3) is 0 Å². The minimum atomic E-state index is 0.138. The van der Waals surface area contributed by atoms with Gasteiger partial charge in [0.1, 0.15) is 0 Å².